The molecule has 5 N–H and O–H groups in total. The molecule has 0 aromatic rings. The van der Waals surface area contributed by atoms with Crippen LogP contribution in [-0.4, -0.2) is 143 Å². The summed E-state index contributed by atoms with van der Waals surface area (Å²) < 4.78 is 28.5. The Labute approximate surface area is 280 Å². The number of likely N-dealkylation sites (N-methyl/N-ethyl adjacent to an activating group) is 1. The van der Waals surface area contributed by atoms with Crippen LogP contribution >= 0.6 is 0 Å². The monoisotopic (exact) mass is 678 g/mol. The molecule has 47 heavy (non-hydrogen) atoms. The van der Waals surface area contributed by atoms with Crippen LogP contribution in [0.5, 0.6) is 0 Å². The smallest absolute Gasteiger partial charge is 0.311 e. The van der Waals surface area contributed by atoms with Crippen molar-refractivity contribution in [1.29, 1.82) is 0 Å². The summed E-state index contributed by atoms with van der Waals surface area (Å²) in [5.41, 5.74) is -3.32. The van der Waals surface area contributed by atoms with Gasteiger partial charge in [-0.15, -0.1) is 0 Å². The zero-order chi connectivity index (χ0) is 35.9. The Morgan fingerprint density at radius 2 is 1.64 bits per heavy atom. The number of nitrogens with zero attached hydrogens (tertiary/aromatic N) is 2. The molecule has 2 rings (SSSR count). The highest BCUT2D eigenvalue weighted by atomic mass is 16.7. The summed E-state index contributed by atoms with van der Waals surface area (Å²) in [4.78, 5) is 20.8. The predicted molar refractivity (Wildman–Crippen MR) is 173 cm³/mol. The first-order valence-electron chi connectivity index (χ1n) is 16.7. The van der Waals surface area contributed by atoms with E-state index in [1.807, 2.05) is 25.9 Å². The molecule has 0 aromatic carbocycles. The molecule has 2 fully saturated rings. The van der Waals surface area contributed by atoms with Gasteiger partial charge in [0.25, 0.3) is 0 Å². The number of esters is 1. The van der Waals surface area contributed by atoms with Crippen molar-refractivity contribution in [3.05, 3.63) is 0 Å². The van der Waals surface area contributed by atoms with Gasteiger partial charge in [-0.05, 0) is 61.1 Å². The molecule has 2 aliphatic heterocycles. The van der Waals surface area contributed by atoms with Crippen LogP contribution in [-0.2, 0) is 33.3 Å². The quantitative estimate of drug-likeness (QED) is 0.0963. The Hall–Kier alpha value is -1.46. The van der Waals surface area contributed by atoms with Crippen LogP contribution in [0.25, 0.3) is 0 Å². The van der Waals surface area contributed by atoms with Gasteiger partial charge in [0.15, 0.2) is 6.29 Å². The Balaban J connectivity index is 2.61. The van der Waals surface area contributed by atoms with Crippen molar-refractivity contribution in [1.82, 2.24) is 4.90 Å². The van der Waals surface area contributed by atoms with Crippen molar-refractivity contribution in [3.63, 3.8) is 0 Å². The van der Waals surface area contributed by atoms with E-state index in [1.54, 1.807) is 41.7 Å². The zero-order valence-corrected chi connectivity index (χ0v) is 30.2. The minimum absolute atomic E-state index is 0.00777. The molecule has 276 valence electrons. The number of aliphatic hydroxyl groups is 5. The molecule has 0 unspecified atom stereocenters. The van der Waals surface area contributed by atoms with E-state index in [0.29, 0.717) is 18.7 Å². The molecular weight excluding hydrogens is 616 g/mol. The van der Waals surface area contributed by atoms with Crippen molar-refractivity contribution in [3.8, 4) is 0 Å². The van der Waals surface area contributed by atoms with E-state index < -0.39 is 77.7 Å². The minimum atomic E-state index is -1.91. The highest BCUT2D eigenvalue weighted by molar-refractivity contribution is 5.88. The fourth-order valence-corrected chi connectivity index (χ4v) is 6.93. The van der Waals surface area contributed by atoms with E-state index in [-0.39, 0.29) is 38.4 Å². The van der Waals surface area contributed by atoms with Gasteiger partial charge in [-0.3, -0.25) is 4.79 Å². The van der Waals surface area contributed by atoms with E-state index in [9.17, 15) is 30.3 Å². The third kappa shape index (κ3) is 10.5. The van der Waals surface area contributed by atoms with Gasteiger partial charge < -0.3 is 59.0 Å². The minimum Gasteiger partial charge on any atom is -0.459 e. The molecule has 2 aliphatic rings. The van der Waals surface area contributed by atoms with Crippen LogP contribution in [0.3, 0.4) is 0 Å². The van der Waals surface area contributed by atoms with Gasteiger partial charge in [0.2, 0.25) is 6.79 Å². The maximum absolute atomic E-state index is 13.4. The molecule has 0 bridgehead atoms. The second kappa shape index (κ2) is 18.0. The topological polar surface area (TPSA) is 189 Å². The normalized spacial score (nSPS) is 43.9. The van der Waals surface area contributed by atoms with Gasteiger partial charge in [0.05, 0.1) is 54.9 Å². The largest absolute Gasteiger partial charge is 0.459 e. The fourth-order valence-electron chi connectivity index (χ4n) is 6.93. The van der Waals surface area contributed by atoms with Crippen LogP contribution < -0.4 is 0 Å². The third-order valence-electron chi connectivity index (χ3n) is 9.85. The van der Waals surface area contributed by atoms with Crippen LogP contribution in [0.4, 0.5) is 0 Å². The summed E-state index contributed by atoms with van der Waals surface area (Å²) in [6.45, 7) is 13.5. The highest BCUT2D eigenvalue weighted by Crippen LogP contribution is 2.38. The summed E-state index contributed by atoms with van der Waals surface area (Å²) in [5.74, 6) is -4.17. The molecule has 14 atom stereocenters. The third-order valence-corrected chi connectivity index (χ3v) is 9.85. The molecule has 14 nitrogen and oxygen atoms in total. The van der Waals surface area contributed by atoms with E-state index in [1.165, 1.54) is 13.8 Å². The number of methoxy groups -OCH3 is 1. The van der Waals surface area contributed by atoms with Crippen molar-refractivity contribution in [2.75, 3.05) is 41.2 Å². The van der Waals surface area contributed by atoms with Crippen LogP contribution in [0.2, 0.25) is 0 Å². The highest BCUT2D eigenvalue weighted by Gasteiger charge is 2.51. The van der Waals surface area contributed by atoms with E-state index in [4.69, 9.17) is 28.5 Å². The second-order valence-corrected chi connectivity index (χ2v) is 14.2. The lowest BCUT2D eigenvalue weighted by molar-refractivity contribution is -0.298. The Morgan fingerprint density at radius 3 is 2.21 bits per heavy atom. The lowest BCUT2D eigenvalue weighted by atomic mass is 9.73. The summed E-state index contributed by atoms with van der Waals surface area (Å²) in [5, 5.41) is 62.4. The van der Waals surface area contributed by atoms with Gasteiger partial charge in [0, 0.05) is 30.9 Å². The Kier molecular flexibility index (Phi) is 16.0. The van der Waals surface area contributed by atoms with E-state index in [0.717, 1.165) is 0 Å². The van der Waals surface area contributed by atoms with Crippen LogP contribution in [0.1, 0.15) is 74.7 Å². The number of cyclic esters (lactones) is 1. The number of hydrogen-bond acceptors (Lipinski definition) is 14. The number of ether oxygens (including phenoxy) is 5. The lowest BCUT2D eigenvalue weighted by Crippen LogP contribution is -2.60. The molecule has 14 heteroatoms. The molecule has 0 saturated carbocycles. The van der Waals surface area contributed by atoms with Crippen LogP contribution in [0, 0.1) is 23.7 Å². The Bertz CT molecular complexity index is 995. The van der Waals surface area contributed by atoms with Gasteiger partial charge in [0.1, 0.15) is 17.8 Å². The fraction of sp³-hybridized carbons (Fsp3) is 0.939. The number of rotatable bonds is 10. The van der Waals surface area contributed by atoms with Gasteiger partial charge >= 0.3 is 5.97 Å². The van der Waals surface area contributed by atoms with Crippen molar-refractivity contribution >= 4 is 11.7 Å². The summed E-state index contributed by atoms with van der Waals surface area (Å²) in [6, 6.07) is -0.289. The van der Waals surface area contributed by atoms with Gasteiger partial charge in [-0.1, -0.05) is 32.9 Å². The molecule has 0 amide bonds. The first kappa shape index (κ1) is 41.7. The Morgan fingerprint density at radius 1 is 1.00 bits per heavy atom. The number of aliphatic hydroxyl groups excluding tert-OH is 3. The average Bonchev–Trinajstić information content (AvgIpc) is 3.00. The second-order valence-electron chi connectivity index (χ2n) is 14.2. The van der Waals surface area contributed by atoms with Gasteiger partial charge in [-0.2, -0.15) is 0 Å². The summed E-state index contributed by atoms with van der Waals surface area (Å²) in [6.07, 6.45) is -6.88. The predicted octanol–water partition coefficient (Wildman–Crippen LogP) is 1.28. The first-order valence-corrected chi connectivity index (χ1v) is 16.7. The molecule has 0 spiro atoms. The van der Waals surface area contributed by atoms with Crippen molar-refractivity contribution in [2.45, 2.75) is 135 Å². The van der Waals surface area contributed by atoms with Crippen molar-refractivity contribution < 1.29 is 58.8 Å². The number of carbonyl (C=O) groups is 1. The number of carbonyl (C=O) groups excluding carboxylic acids is 1. The summed E-state index contributed by atoms with van der Waals surface area (Å²) in [7, 11) is 5.25. The SMILES string of the molecule is CC[C@H]1OC(=O)[C@H](C)[C@@H](O)[C@@H](C)[C@@H](O[C@@H]2O[C@H](C)C[C@H](N(C)C)[C@H]2O)[C@](C)(O)C[C@@H](C)/C(=N\OCOCCOC)[C@H](C)[C@H](O)[C@]1(C)O. The van der Waals surface area contributed by atoms with Gasteiger partial charge in [-0.25, -0.2) is 0 Å². The first-order chi connectivity index (χ1) is 21.8. The lowest BCUT2D eigenvalue weighted by Gasteiger charge is -2.47. The standard InChI is InChI=1S/C33H62N2O12/c1-12-24-33(8,41)28(38)20(4)25(34-44-17-43-14-13-42-11)18(2)16-32(7,40)29(21(5)26(36)22(6)30(39)46-24)47-31-27(37)23(35(9)10)15-19(3)45-31/h18-24,26-29,31,36-38,40-41H,12-17H2,1-11H3/b34-25+/t18-,19-,20+,21-,22-,23+,24-,26+,27-,28+,29-,31+,32-,33-/m1/s1. The molecule has 2 heterocycles. The van der Waals surface area contributed by atoms with Crippen molar-refractivity contribution in [2.24, 2.45) is 28.8 Å². The number of oxime groups is 1. The zero-order valence-electron chi connectivity index (χ0n) is 30.2. The maximum atomic E-state index is 13.4. The molecule has 0 aliphatic carbocycles. The maximum Gasteiger partial charge on any atom is 0.311 e. The molecule has 2 saturated heterocycles. The molecular formula is C33H62N2O12. The number of hydrogen-bond donors (Lipinski definition) is 5. The molecule has 0 aromatic heterocycles. The van der Waals surface area contributed by atoms with E-state index >= 15 is 0 Å². The summed E-state index contributed by atoms with van der Waals surface area (Å²) >= 11 is 0. The van der Waals surface area contributed by atoms with E-state index in [2.05, 4.69) is 5.16 Å². The van der Waals surface area contributed by atoms with Crippen LogP contribution in [0.15, 0.2) is 5.16 Å². The molecule has 0 radical (unpaired) electrons. The average molecular weight is 679 g/mol.